The van der Waals surface area contributed by atoms with Crippen LogP contribution in [0.1, 0.15) is 71.9 Å². The van der Waals surface area contributed by atoms with Crippen molar-refractivity contribution in [1.82, 2.24) is 0 Å². The van der Waals surface area contributed by atoms with Gasteiger partial charge < -0.3 is 9.47 Å². The zero-order chi connectivity index (χ0) is 22.7. The third kappa shape index (κ3) is 3.08. The maximum atomic E-state index is 9.03. The van der Waals surface area contributed by atoms with Crippen LogP contribution in [0.25, 0.3) is 0 Å². The molecule has 0 aliphatic heterocycles. The quantitative estimate of drug-likeness (QED) is 0.528. The van der Waals surface area contributed by atoms with Crippen LogP contribution in [0.3, 0.4) is 0 Å². The van der Waals surface area contributed by atoms with E-state index in [1.54, 1.807) is 0 Å². The van der Waals surface area contributed by atoms with Crippen molar-refractivity contribution in [2.24, 2.45) is 11.8 Å². The van der Waals surface area contributed by atoms with Gasteiger partial charge in [0.1, 0.15) is 11.5 Å². The summed E-state index contributed by atoms with van der Waals surface area (Å²) in [5, 5.41) is 18.1. The van der Waals surface area contributed by atoms with Gasteiger partial charge in [-0.2, -0.15) is 0 Å². The Labute approximate surface area is 190 Å². The highest BCUT2D eigenvalue weighted by atomic mass is 16.5. The van der Waals surface area contributed by atoms with E-state index >= 15 is 0 Å². The Balaban J connectivity index is 1.59. The van der Waals surface area contributed by atoms with E-state index in [0.717, 1.165) is 34.1 Å². The first kappa shape index (κ1) is 20.9. The summed E-state index contributed by atoms with van der Waals surface area (Å²) in [6, 6.07) is 9.11. The van der Waals surface area contributed by atoms with Crippen LogP contribution in [0.4, 0.5) is 0 Å². The minimum atomic E-state index is 0.189. The van der Waals surface area contributed by atoms with Gasteiger partial charge in [-0.3, -0.25) is 0 Å². The van der Waals surface area contributed by atoms with Gasteiger partial charge in [-0.25, -0.2) is 0 Å². The van der Waals surface area contributed by atoms with Gasteiger partial charge in [0, 0.05) is 0 Å². The highest BCUT2D eigenvalue weighted by Crippen LogP contribution is 2.66. The number of ether oxygens (including phenoxy) is 2. The molecule has 4 saturated carbocycles. The van der Waals surface area contributed by atoms with Gasteiger partial charge >= 0.3 is 0 Å². The van der Waals surface area contributed by atoms with Crippen LogP contribution in [0, 0.1) is 62.6 Å². The van der Waals surface area contributed by atoms with Gasteiger partial charge in [0.2, 0.25) is 0 Å². The van der Waals surface area contributed by atoms with Crippen molar-refractivity contribution in [3.8, 4) is 24.0 Å². The van der Waals surface area contributed by atoms with Crippen LogP contribution >= 0.6 is 0 Å². The second-order valence-electron chi connectivity index (χ2n) is 10.8. The zero-order valence-electron chi connectivity index (χ0n) is 19.4. The SMILES string of the molecule is Cc1cc(C23CC4CC(C2)CC(c2cc(C)c(OC#N)c(C)c2)(C4)C3)cc(C)c1OC#N. The Morgan fingerprint density at radius 2 is 1.03 bits per heavy atom. The largest absolute Gasteiger partial charge is 0.387 e. The predicted molar refractivity (Wildman–Crippen MR) is 122 cm³/mol. The fourth-order valence-electron chi connectivity index (χ4n) is 7.86. The van der Waals surface area contributed by atoms with Crippen molar-refractivity contribution in [2.75, 3.05) is 0 Å². The zero-order valence-corrected chi connectivity index (χ0v) is 19.4. The summed E-state index contributed by atoms with van der Waals surface area (Å²) < 4.78 is 10.5. The average molecular weight is 427 g/mol. The minimum absolute atomic E-state index is 0.189. The predicted octanol–water partition coefficient (Wildman–Crippen LogP) is 6.43. The molecule has 0 aromatic heterocycles. The van der Waals surface area contributed by atoms with E-state index < -0.39 is 0 Å². The lowest BCUT2D eigenvalue weighted by atomic mass is 9.41. The summed E-state index contributed by atoms with van der Waals surface area (Å²) in [5.74, 6) is 2.91. The number of hydrogen-bond donors (Lipinski definition) is 0. The third-order valence-electron chi connectivity index (χ3n) is 8.50. The lowest BCUT2D eigenvalue weighted by molar-refractivity contribution is -0.0282. The first-order valence-corrected chi connectivity index (χ1v) is 11.6. The van der Waals surface area contributed by atoms with Gasteiger partial charge in [-0.15, -0.1) is 10.5 Å². The van der Waals surface area contributed by atoms with Gasteiger partial charge in [0.15, 0.2) is 0 Å². The maximum absolute atomic E-state index is 9.03. The van der Waals surface area contributed by atoms with Crippen molar-refractivity contribution >= 4 is 0 Å². The van der Waals surface area contributed by atoms with Crippen LogP contribution in [0.5, 0.6) is 11.5 Å². The molecule has 0 atom stereocenters. The standard InChI is InChI=1S/C28H30N2O2/c1-17-5-23(6-18(2)25(17)31-15-29)27-10-21-9-22(11-27)13-28(12-21,14-27)24-7-19(3)26(32-16-30)20(4)8-24/h5-8,21-22H,9-14H2,1-4H3. The van der Waals surface area contributed by atoms with Crippen molar-refractivity contribution in [3.05, 3.63) is 57.6 Å². The molecule has 4 bridgehead atoms. The summed E-state index contributed by atoms with van der Waals surface area (Å²) in [4.78, 5) is 0. The molecule has 0 heterocycles. The molecule has 4 heteroatoms. The molecule has 0 saturated heterocycles. The molecular formula is C28H30N2O2. The number of hydrogen-bond acceptors (Lipinski definition) is 4. The van der Waals surface area contributed by atoms with Gasteiger partial charge in [0.25, 0.3) is 12.5 Å². The van der Waals surface area contributed by atoms with Crippen molar-refractivity contribution < 1.29 is 9.47 Å². The fraction of sp³-hybridized carbons (Fsp3) is 0.500. The topological polar surface area (TPSA) is 66.0 Å². The van der Waals surface area contributed by atoms with Crippen LogP contribution in [-0.4, -0.2) is 0 Å². The summed E-state index contributed by atoms with van der Waals surface area (Å²) in [7, 11) is 0. The van der Waals surface area contributed by atoms with Crippen LogP contribution < -0.4 is 9.47 Å². The summed E-state index contributed by atoms with van der Waals surface area (Å²) in [6.07, 6.45) is 11.2. The molecule has 0 N–H and O–H groups in total. The van der Waals surface area contributed by atoms with Crippen LogP contribution in [0.2, 0.25) is 0 Å². The Kier molecular flexibility index (Phi) is 4.75. The summed E-state index contributed by atoms with van der Waals surface area (Å²) >= 11 is 0. The van der Waals surface area contributed by atoms with Gasteiger partial charge in [-0.05, 0) is 122 Å². The first-order valence-electron chi connectivity index (χ1n) is 11.6. The summed E-state index contributed by atoms with van der Waals surface area (Å²) in [6.45, 7) is 8.22. The summed E-state index contributed by atoms with van der Waals surface area (Å²) in [5.41, 5.74) is 7.44. The molecular weight excluding hydrogens is 396 g/mol. The van der Waals surface area contributed by atoms with E-state index in [4.69, 9.17) is 20.0 Å². The lowest BCUT2D eigenvalue weighted by Crippen LogP contribution is -2.56. The molecule has 4 nitrogen and oxygen atoms in total. The van der Waals surface area contributed by atoms with E-state index in [1.165, 1.54) is 49.7 Å². The number of nitrogens with zero attached hydrogens (tertiary/aromatic N) is 2. The molecule has 4 aliphatic carbocycles. The molecule has 0 amide bonds. The molecule has 32 heavy (non-hydrogen) atoms. The molecule has 2 aromatic carbocycles. The normalized spacial score (nSPS) is 29.9. The van der Waals surface area contributed by atoms with Crippen molar-refractivity contribution in [1.29, 1.82) is 10.5 Å². The maximum Gasteiger partial charge on any atom is 0.292 e. The Morgan fingerprint density at radius 3 is 1.34 bits per heavy atom. The monoisotopic (exact) mass is 426 g/mol. The second kappa shape index (κ2) is 7.28. The molecule has 0 radical (unpaired) electrons. The van der Waals surface area contributed by atoms with E-state index in [-0.39, 0.29) is 10.8 Å². The fourth-order valence-corrected chi connectivity index (χ4v) is 7.86. The van der Waals surface area contributed by atoms with Crippen molar-refractivity contribution in [2.45, 2.75) is 77.0 Å². The van der Waals surface area contributed by atoms with Crippen LogP contribution in [-0.2, 0) is 10.8 Å². The molecule has 4 aliphatic rings. The van der Waals surface area contributed by atoms with Crippen LogP contribution in [0.15, 0.2) is 24.3 Å². The number of benzene rings is 2. The molecule has 0 spiro atoms. The minimum Gasteiger partial charge on any atom is -0.387 e. The smallest absolute Gasteiger partial charge is 0.292 e. The van der Waals surface area contributed by atoms with Crippen molar-refractivity contribution in [3.63, 3.8) is 0 Å². The highest BCUT2D eigenvalue weighted by molar-refractivity contribution is 5.50. The average Bonchev–Trinajstić information content (AvgIpc) is 2.72. The van der Waals surface area contributed by atoms with E-state index in [2.05, 4.69) is 52.0 Å². The lowest BCUT2D eigenvalue weighted by Gasteiger charge is -2.63. The molecule has 164 valence electrons. The Hall–Kier alpha value is -2.98. The first-order chi connectivity index (χ1) is 15.3. The molecule has 2 aromatic rings. The molecule has 4 fully saturated rings. The number of aryl methyl sites for hydroxylation is 4. The van der Waals surface area contributed by atoms with E-state index in [9.17, 15) is 0 Å². The van der Waals surface area contributed by atoms with Gasteiger partial charge in [0.05, 0.1) is 0 Å². The van der Waals surface area contributed by atoms with E-state index in [1.807, 2.05) is 12.5 Å². The Morgan fingerprint density at radius 1 is 0.688 bits per heavy atom. The Bertz CT molecular complexity index is 1030. The second-order valence-corrected chi connectivity index (χ2v) is 10.8. The van der Waals surface area contributed by atoms with E-state index in [0.29, 0.717) is 11.5 Å². The number of nitriles is 2. The molecule has 6 rings (SSSR count). The molecule has 0 unspecified atom stereocenters. The third-order valence-corrected chi connectivity index (χ3v) is 8.50. The number of rotatable bonds is 4. The highest BCUT2D eigenvalue weighted by Gasteiger charge is 2.58. The van der Waals surface area contributed by atoms with Gasteiger partial charge in [-0.1, -0.05) is 24.3 Å².